The minimum atomic E-state index is -0.381. The number of nitrogens with zero attached hydrogens (tertiary/aromatic N) is 1. The van der Waals surface area contributed by atoms with E-state index >= 15 is 0 Å². The zero-order chi connectivity index (χ0) is 13.8. The van der Waals surface area contributed by atoms with Crippen LogP contribution in [0, 0.1) is 5.82 Å². The molecule has 0 atom stereocenters. The van der Waals surface area contributed by atoms with Gasteiger partial charge in [-0.2, -0.15) is 0 Å². The summed E-state index contributed by atoms with van der Waals surface area (Å²) in [6, 6.07) is 4.74. The van der Waals surface area contributed by atoms with Gasteiger partial charge in [0, 0.05) is 12.1 Å². The van der Waals surface area contributed by atoms with Gasteiger partial charge in [0.05, 0.1) is 12.3 Å². The molecule has 1 amide bonds. The first-order valence-electron chi connectivity index (χ1n) is 6.60. The largest absolute Gasteiger partial charge is 0.449 e. The maximum Gasteiger partial charge on any atom is 0.414 e. The Bertz CT molecular complexity index is 511. The Morgan fingerprint density at radius 3 is 2.89 bits per heavy atom. The molecule has 19 heavy (non-hydrogen) atoms. The summed E-state index contributed by atoms with van der Waals surface area (Å²) in [7, 11) is 0. The average molecular weight is 263 g/mol. The van der Waals surface area contributed by atoms with Crippen LogP contribution >= 0.6 is 0 Å². The molecule has 1 aromatic rings. The number of halogens is 1. The van der Waals surface area contributed by atoms with E-state index in [1.165, 1.54) is 12.1 Å². The van der Waals surface area contributed by atoms with Crippen molar-refractivity contribution in [3.63, 3.8) is 0 Å². The summed E-state index contributed by atoms with van der Waals surface area (Å²) >= 11 is 0. The summed E-state index contributed by atoms with van der Waals surface area (Å²) in [5.74, 6) is -0.286. The quantitative estimate of drug-likeness (QED) is 0.834. The molecule has 0 saturated carbocycles. The topological polar surface area (TPSA) is 29.5 Å². The standard InChI is InChI=1S/C15H18FNO2/c1-3-17(15(18)19-4-2)14-7-5-6-11-8-9-12(16)10-13(11)14/h7-10H,3-6H2,1-2H3. The van der Waals surface area contributed by atoms with E-state index in [1.54, 1.807) is 17.9 Å². The van der Waals surface area contributed by atoms with Gasteiger partial charge in [0.15, 0.2) is 0 Å². The van der Waals surface area contributed by atoms with Crippen molar-refractivity contribution in [1.29, 1.82) is 0 Å². The lowest BCUT2D eigenvalue weighted by molar-refractivity contribution is 0.126. The number of fused-ring (bicyclic) bond motifs is 1. The van der Waals surface area contributed by atoms with Gasteiger partial charge in [0.1, 0.15) is 5.82 Å². The number of carbonyl (C=O) groups excluding carboxylic acids is 1. The Kier molecular flexibility index (Phi) is 4.20. The van der Waals surface area contributed by atoms with Crippen molar-refractivity contribution in [3.05, 3.63) is 41.2 Å². The van der Waals surface area contributed by atoms with Gasteiger partial charge in [-0.3, -0.25) is 4.90 Å². The van der Waals surface area contributed by atoms with Gasteiger partial charge in [-0.05, 0) is 44.4 Å². The minimum Gasteiger partial charge on any atom is -0.449 e. The second-order valence-electron chi connectivity index (χ2n) is 4.37. The molecule has 4 heteroatoms. The molecule has 0 bridgehead atoms. The average Bonchev–Trinajstić information content (AvgIpc) is 2.40. The number of benzene rings is 1. The van der Waals surface area contributed by atoms with E-state index in [0.29, 0.717) is 13.2 Å². The molecule has 0 unspecified atom stereocenters. The molecule has 3 nitrogen and oxygen atoms in total. The van der Waals surface area contributed by atoms with Crippen molar-refractivity contribution in [1.82, 2.24) is 4.90 Å². The first kappa shape index (κ1) is 13.6. The predicted molar refractivity (Wildman–Crippen MR) is 72.1 cm³/mol. The molecule has 0 aliphatic heterocycles. The van der Waals surface area contributed by atoms with Crippen LogP contribution in [0.5, 0.6) is 0 Å². The van der Waals surface area contributed by atoms with E-state index in [9.17, 15) is 9.18 Å². The van der Waals surface area contributed by atoms with Crippen LogP contribution in [0.2, 0.25) is 0 Å². The number of ether oxygens (including phenoxy) is 1. The Morgan fingerprint density at radius 1 is 1.42 bits per heavy atom. The lowest BCUT2D eigenvalue weighted by Crippen LogP contribution is -2.31. The molecule has 0 heterocycles. The summed E-state index contributed by atoms with van der Waals surface area (Å²) in [5.41, 5.74) is 2.62. The van der Waals surface area contributed by atoms with Gasteiger partial charge in [-0.15, -0.1) is 0 Å². The van der Waals surface area contributed by atoms with Crippen molar-refractivity contribution < 1.29 is 13.9 Å². The maximum atomic E-state index is 13.4. The Labute approximate surface area is 112 Å². The third-order valence-corrected chi connectivity index (χ3v) is 3.19. The molecule has 1 aromatic carbocycles. The fraction of sp³-hybridized carbons (Fsp3) is 0.400. The van der Waals surface area contributed by atoms with E-state index in [4.69, 9.17) is 4.74 Å². The SMILES string of the molecule is CCOC(=O)N(CC)C1=CCCc2ccc(F)cc21. The van der Waals surface area contributed by atoms with Crippen molar-refractivity contribution in [3.8, 4) is 0 Å². The van der Waals surface area contributed by atoms with Crippen LogP contribution in [0.4, 0.5) is 9.18 Å². The highest BCUT2D eigenvalue weighted by Crippen LogP contribution is 2.30. The lowest BCUT2D eigenvalue weighted by Gasteiger charge is -2.27. The Hall–Kier alpha value is -1.84. The zero-order valence-corrected chi connectivity index (χ0v) is 11.3. The number of hydrogen-bond donors (Lipinski definition) is 0. The van der Waals surface area contributed by atoms with Crippen LogP contribution in [-0.4, -0.2) is 24.1 Å². The van der Waals surface area contributed by atoms with Crippen LogP contribution in [0.15, 0.2) is 24.3 Å². The fourth-order valence-corrected chi connectivity index (χ4v) is 2.33. The van der Waals surface area contributed by atoms with Gasteiger partial charge in [0.25, 0.3) is 0 Å². The van der Waals surface area contributed by atoms with E-state index in [0.717, 1.165) is 29.7 Å². The van der Waals surface area contributed by atoms with Crippen LogP contribution < -0.4 is 0 Å². The monoisotopic (exact) mass is 263 g/mol. The molecule has 0 saturated heterocycles. The van der Waals surface area contributed by atoms with E-state index in [-0.39, 0.29) is 11.9 Å². The number of carbonyl (C=O) groups is 1. The van der Waals surface area contributed by atoms with E-state index < -0.39 is 0 Å². The second-order valence-corrected chi connectivity index (χ2v) is 4.37. The molecule has 1 aliphatic rings. The van der Waals surface area contributed by atoms with Gasteiger partial charge >= 0.3 is 6.09 Å². The van der Waals surface area contributed by atoms with Crippen molar-refractivity contribution in [2.75, 3.05) is 13.2 Å². The smallest absolute Gasteiger partial charge is 0.414 e. The van der Waals surface area contributed by atoms with Crippen LogP contribution in [0.3, 0.4) is 0 Å². The Balaban J connectivity index is 2.37. The molecule has 1 aliphatic carbocycles. The predicted octanol–water partition coefficient (Wildman–Crippen LogP) is 3.59. The highest BCUT2D eigenvalue weighted by atomic mass is 19.1. The Morgan fingerprint density at radius 2 is 2.21 bits per heavy atom. The normalized spacial score (nSPS) is 13.5. The van der Waals surface area contributed by atoms with Crippen molar-refractivity contribution in [2.24, 2.45) is 0 Å². The van der Waals surface area contributed by atoms with Gasteiger partial charge in [-0.25, -0.2) is 9.18 Å². The summed E-state index contributed by atoms with van der Waals surface area (Å²) < 4.78 is 18.5. The number of hydrogen-bond acceptors (Lipinski definition) is 2. The summed E-state index contributed by atoms with van der Waals surface area (Å²) in [6.45, 7) is 4.49. The molecule has 102 valence electrons. The summed E-state index contributed by atoms with van der Waals surface area (Å²) in [4.78, 5) is 13.5. The number of aryl methyl sites for hydroxylation is 1. The highest BCUT2D eigenvalue weighted by Gasteiger charge is 2.23. The van der Waals surface area contributed by atoms with Crippen molar-refractivity contribution >= 4 is 11.8 Å². The van der Waals surface area contributed by atoms with Gasteiger partial charge in [0.2, 0.25) is 0 Å². The summed E-state index contributed by atoms with van der Waals surface area (Å²) in [6.07, 6.45) is 3.32. The minimum absolute atomic E-state index is 0.286. The van der Waals surface area contributed by atoms with E-state index in [2.05, 4.69) is 0 Å². The zero-order valence-electron chi connectivity index (χ0n) is 11.3. The first-order valence-corrected chi connectivity index (χ1v) is 6.60. The summed E-state index contributed by atoms with van der Waals surface area (Å²) in [5, 5.41) is 0. The lowest BCUT2D eigenvalue weighted by atomic mass is 9.94. The number of allylic oxidation sites excluding steroid dienone is 1. The molecule has 0 N–H and O–H groups in total. The van der Waals surface area contributed by atoms with Crippen LogP contribution in [0.25, 0.3) is 5.70 Å². The van der Waals surface area contributed by atoms with Crippen molar-refractivity contribution in [2.45, 2.75) is 26.7 Å². The highest BCUT2D eigenvalue weighted by molar-refractivity contribution is 5.83. The third kappa shape index (κ3) is 2.78. The third-order valence-electron chi connectivity index (χ3n) is 3.19. The maximum absolute atomic E-state index is 13.4. The molecule has 2 rings (SSSR count). The number of amides is 1. The van der Waals surface area contributed by atoms with Gasteiger partial charge < -0.3 is 4.74 Å². The molecule has 0 fully saturated rings. The molecule has 0 aromatic heterocycles. The first-order chi connectivity index (χ1) is 9.17. The second kappa shape index (κ2) is 5.87. The van der Waals surface area contributed by atoms with Crippen LogP contribution in [0.1, 0.15) is 31.4 Å². The molecule has 0 radical (unpaired) electrons. The van der Waals surface area contributed by atoms with Gasteiger partial charge in [-0.1, -0.05) is 12.1 Å². The molecule has 0 spiro atoms. The fourth-order valence-electron chi connectivity index (χ4n) is 2.33. The molecular weight excluding hydrogens is 245 g/mol. The number of rotatable bonds is 3. The van der Waals surface area contributed by atoms with Crippen LogP contribution in [-0.2, 0) is 11.2 Å². The molecular formula is C15H18FNO2. The van der Waals surface area contributed by atoms with E-state index in [1.807, 2.05) is 13.0 Å².